The van der Waals surface area contributed by atoms with Gasteiger partial charge in [0.2, 0.25) is 0 Å². The van der Waals surface area contributed by atoms with Crippen LogP contribution in [0.4, 0.5) is 4.39 Å². The normalized spacial score (nSPS) is 9.75. The number of aromatic nitrogens is 1. The topological polar surface area (TPSA) is 50.2 Å². The highest BCUT2D eigenvalue weighted by Gasteiger charge is 1.99. The lowest BCUT2D eigenvalue weighted by molar-refractivity contribution is -0.136. The van der Waals surface area contributed by atoms with Gasteiger partial charge in [-0.1, -0.05) is 0 Å². The minimum absolute atomic E-state index is 0.0264. The third-order valence-corrected chi connectivity index (χ3v) is 1.38. The molecule has 0 aliphatic heterocycles. The number of aryl methyl sites for hydroxylation is 1. The van der Waals surface area contributed by atoms with Crippen molar-refractivity contribution in [2.45, 2.75) is 12.8 Å². The molecule has 0 saturated carbocycles. The summed E-state index contributed by atoms with van der Waals surface area (Å²) in [7, 11) is 0. The van der Waals surface area contributed by atoms with Gasteiger partial charge in [-0.05, 0) is 12.1 Å². The number of hydrogen-bond donors (Lipinski definition) is 1. The third kappa shape index (κ3) is 2.65. The number of carbonyl (C=O) groups is 1. The number of hydrogen-bond acceptors (Lipinski definition) is 2. The first-order valence-corrected chi connectivity index (χ1v) is 3.50. The lowest BCUT2D eigenvalue weighted by atomic mass is 10.2. The fraction of sp³-hybridized carbons (Fsp3) is 0.250. The molecule has 64 valence electrons. The van der Waals surface area contributed by atoms with Crippen LogP contribution < -0.4 is 0 Å². The Morgan fingerprint density at radius 1 is 1.58 bits per heavy atom. The summed E-state index contributed by atoms with van der Waals surface area (Å²) in [6.07, 6.45) is 1.45. The highest BCUT2D eigenvalue weighted by atomic mass is 19.1. The van der Waals surface area contributed by atoms with E-state index in [1.54, 1.807) is 0 Å². The minimum atomic E-state index is -0.874. The first-order chi connectivity index (χ1) is 5.68. The predicted octanol–water partition coefficient (Wildman–Crippen LogP) is 1.24. The van der Waals surface area contributed by atoms with Gasteiger partial charge in [0.05, 0.1) is 12.6 Å². The maximum atomic E-state index is 12.3. The van der Waals surface area contributed by atoms with Crippen LogP contribution in [0.5, 0.6) is 0 Å². The SMILES string of the molecule is O=C(O)CCc1ccc(F)cn1. The van der Waals surface area contributed by atoms with Gasteiger partial charge in [-0.3, -0.25) is 9.78 Å². The lowest BCUT2D eigenvalue weighted by Crippen LogP contribution is -1.99. The van der Waals surface area contributed by atoms with Crippen LogP contribution in [0.25, 0.3) is 0 Å². The van der Waals surface area contributed by atoms with Crippen LogP contribution in [0.1, 0.15) is 12.1 Å². The highest BCUT2D eigenvalue weighted by Crippen LogP contribution is 2.00. The molecule has 1 N–H and O–H groups in total. The van der Waals surface area contributed by atoms with Gasteiger partial charge in [-0.15, -0.1) is 0 Å². The zero-order valence-corrected chi connectivity index (χ0v) is 6.33. The smallest absolute Gasteiger partial charge is 0.303 e. The molecule has 3 nitrogen and oxygen atoms in total. The highest BCUT2D eigenvalue weighted by molar-refractivity contribution is 5.66. The van der Waals surface area contributed by atoms with Crippen LogP contribution in [0.2, 0.25) is 0 Å². The average Bonchev–Trinajstić information content (AvgIpc) is 2.03. The molecule has 4 heteroatoms. The lowest BCUT2D eigenvalue weighted by Gasteiger charge is -1.95. The number of aliphatic carboxylic acids is 1. The number of carboxylic acids is 1. The van der Waals surface area contributed by atoms with Crippen molar-refractivity contribution in [3.05, 3.63) is 29.8 Å². The Morgan fingerprint density at radius 2 is 2.33 bits per heavy atom. The molecule has 0 aliphatic carbocycles. The van der Waals surface area contributed by atoms with Gasteiger partial charge in [-0.2, -0.15) is 0 Å². The van der Waals surface area contributed by atoms with Gasteiger partial charge in [0.1, 0.15) is 5.82 Å². The van der Waals surface area contributed by atoms with Crippen molar-refractivity contribution in [1.29, 1.82) is 0 Å². The van der Waals surface area contributed by atoms with Gasteiger partial charge in [0, 0.05) is 12.1 Å². The number of pyridine rings is 1. The number of rotatable bonds is 3. The first kappa shape index (κ1) is 8.64. The average molecular weight is 169 g/mol. The Labute approximate surface area is 68.9 Å². The molecule has 0 bridgehead atoms. The van der Waals surface area contributed by atoms with Crippen LogP contribution in [0.15, 0.2) is 18.3 Å². The second-order valence-electron chi connectivity index (χ2n) is 2.36. The molecular formula is C8H8FNO2. The third-order valence-electron chi connectivity index (χ3n) is 1.38. The van der Waals surface area contributed by atoms with Crippen LogP contribution in [0.3, 0.4) is 0 Å². The molecule has 12 heavy (non-hydrogen) atoms. The summed E-state index contributed by atoms with van der Waals surface area (Å²) in [5.41, 5.74) is 0.596. The van der Waals surface area contributed by atoms with Crippen LogP contribution in [-0.4, -0.2) is 16.1 Å². The zero-order valence-electron chi connectivity index (χ0n) is 6.33. The van der Waals surface area contributed by atoms with Crippen molar-refractivity contribution in [2.24, 2.45) is 0 Å². The molecule has 0 radical (unpaired) electrons. The quantitative estimate of drug-likeness (QED) is 0.740. The van der Waals surface area contributed by atoms with E-state index in [0.717, 1.165) is 6.20 Å². The molecule has 0 saturated heterocycles. The van der Waals surface area contributed by atoms with E-state index in [-0.39, 0.29) is 6.42 Å². The summed E-state index contributed by atoms with van der Waals surface area (Å²) in [6.45, 7) is 0. The van der Waals surface area contributed by atoms with Gasteiger partial charge in [0.25, 0.3) is 0 Å². The van der Waals surface area contributed by atoms with Crippen molar-refractivity contribution in [3.63, 3.8) is 0 Å². The summed E-state index contributed by atoms with van der Waals surface area (Å²) in [5.74, 6) is -1.28. The summed E-state index contributed by atoms with van der Waals surface area (Å²) in [4.78, 5) is 13.8. The zero-order chi connectivity index (χ0) is 8.97. The fourth-order valence-electron chi connectivity index (χ4n) is 0.789. The van der Waals surface area contributed by atoms with E-state index in [2.05, 4.69) is 4.98 Å². The van der Waals surface area contributed by atoms with Crippen molar-refractivity contribution < 1.29 is 14.3 Å². The molecule has 1 heterocycles. The summed E-state index contributed by atoms with van der Waals surface area (Å²) < 4.78 is 12.3. The molecule has 0 aromatic carbocycles. The van der Waals surface area contributed by atoms with E-state index in [1.807, 2.05) is 0 Å². The van der Waals surface area contributed by atoms with Gasteiger partial charge in [0.15, 0.2) is 0 Å². The van der Waals surface area contributed by atoms with Crippen LogP contribution in [0, 0.1) is 5.82 Å². The largest absolute Gasteiger partial charge is 0.481 e. The second kappa shape index (κ2) is 3.80. The molecular weight excluding hydrogens is 161 g/mol. The summed E-state index contributed by atoms with van der Waals surface area (Å²) >= 11 is 0. The first-order valence-electron chi connectivity index (χ1n) is 3.50. The standard InChI is InChI=1S/C8H8FNO2/c9-6-1-2-7(10-5-6)3-4-8(11)12/h1-2,5H,3-4H2,(H,11,12). The van der Waals surface area contributed by atoms with Crippen molar-refractivity contribution in [2.75, 3.05) is 0 Å². The van der Waals surface area contributed by atoms with E-state index in [1.165, 1.54) is 12.1 Å². The second-order valence-corrected chi connectivity index (χ2v) is 2.36. The van der Waals surface area contributed by atoms with Crippen LogP contribution >= 0.6 is 0 Å². The van der Waals surface area contributed by atoms with Gasteiger partial charge < -0.3 is 5.11 Å². The molecule has 0 unspecified atom stereocenters. The summed E-state index contributed by atoms with van der Waals surface area (Å²) in [6, 6.07) is 2.75. The fourth-order valence-corrected chi connectivity index (χ4v) is 0.789. The molecule has 0 atom stereocenters. The Balaban J connectivity index is 2.53. The summed E-state index contributed by atoms with van der Waals surface area (Å²) in [5, 5.41) is 8.33. The number of nitrogens with zero attached hydrogens (tertiary/aromatic N) is 1. The Morgan fingerprint density at radius 3 is 2.83 bits per heavy atom. The monoisotopic (exact) mass is 169 g/mol. The minimum Gasteiger partial charge on any atom is -0.481 e. The van der Waals surface area contributed by atoms with Gasteiger partial charge >= 0.3 is 5.97 Å². The van der Waals surface area contributed by atoms with E-state index in [0.29, 0.717) is 12.1 Å². The Bertz CT molecular complexity index is 271. The number of halogens is 1. The molecule has 1 rings (SSSR count). The van der Waals surface area contributed by atoms with E-state index in [4.69, 9.17) is 5.11 Å². The van der Waals surface area contributed by atoms with Crippen molar-refractivity contribution >= 4 is 5.97 Å². The maximum Gasteiger partial charge on any atom is 0.303 e. The molecule has 0 aliphatic rings. The molecule has 0 amide bonds. The number of carboxylic acid groups (broad SMARTS) is 1. The Hall–Kier alpha value is -1.45. The molecule has 1 aromatic heterocycles. The van der Waals surface area contributed by atoms with E-state index >= 15 is 0 Å². The van der Waals surface area contributed by atoms with E-state index < -0.39 is 11.8 Å². The van der Waals surface area contributed by atoms with Crippen molar-refractivity contribution in [3.8, 4) is 0 Å². The van der Waals surface area contributed by atoms with E-state index in [9.17, 15) is 9.18 Å². The predicted molar refractivity (Wildman–Crippen MR) is 40.2 cm³/mol. The Kier molecular flexibility index (Phi) is 2.74. The van der Waals surface area contributed by atoms with Crippen molar-refractivity contribution in [1.82, 2.24) is 4.98 Å². The molecule has 0 spiro atoms. The van der Waals surface area contributed by atoms with Gasteiger partial charge in [-0.25, -0.2) is 4.39 Å². The maximum absolute atomic E-state index is 12.3. The molecule has 0 fully saturated rings. The molecule has 1 aromatic rings. The van der Waals surface area contributed by atoms with Crippen LogP contribution in [-0.2, 0) is 11.2 Å².